The third-order valence-electron chi connectivity index (χ3n) is 6.70. The summed E-state index contributed by atoms with van der Waals surface area (Å²) in [5.41, 5.74) is 1.57. The molecule has 0 unspecified atom stereocenters. The van der Waals surface area contributed by atoms with Gasteiger partial charge in [-0.3, -0.25) is 14.4 Å². The van der Waals surface area contributed by atoms with Crippen molar-refractivity contribution in [3.8, 4) is 0 Å². The van der Waals surface area contributed by atoms with Crippen molar-refractivity contribution in [2.75, 3.05) is 0 Å². The molecule has 0 aliphatic carbocycles. The van der Waals surface area contributed by atoms with Crippen LogP contribution in [0, 0.1) is 11.6 Å². The van der Waals surface area contributed by atoms with Gasteiger partial charge in [0, 0.05) is 12.0 Å². The van der Waals surface area contributed by atoms with Crippen molar-refractivity contribution in [1.82, 2.24) is 16.0 Å². The van der Waals surface area contributed by atoms with Gasteiger partial charge in [-0.15, -0.1) is 0 Å². The molecule has 0 radical (unpaired) electrons. The molecule has 9 heteroatoms. The molecule has 3 aromatic carbocycles. The third kappa shape index (κ3) is 6.41. The summed E-state index contributed by atoms with van der Waals surface area (Å²) in [5, 5.41) is 18.4. The maximum absolute atomic E-state index is 13.5. The van der Waals surface area contributed by atoms with Crippen molar-refractivity contribution in [3.05, 3.63) is 107 Å². The zero-order chi connectivity index (χ0) is 27.2. The number of aliphatic hydroxyl groups excluding tert-OH is 1. The predicted octanol–water partition coefficient (Wildman–Crippen LogP) is 3.42. The molecule has 0 aromatic heterocycles. The van der Waals surface area contributed by atoms with E-state index in [0.717, 1.165) is 23.3 Å². The minimum atomic E-state index is -1.89. The van der Waals surface area contributed by atoms with E-state index in [2.05, 4.69) is 16.0 Å². The number of carbonyl (C=O) groups excluding carboxylic acids is 3. The van der Waals surface area contributed by atoms with Crippen LogP contribution in [0.1, 0.15) is 54.5 Å². The first kappa shape index (κ1) is 26.9. The van der Waals surface area contributed by atoms with E-state index in [1.807, 2.05) is 60.7 Å². The Kier molecular flexibility index (Phi) is 8.48. The molecule has 5 atom stereocenters. The van der Waals surface area contributed by atoms with Gasteiger partial charge in [0.1, 0.15) is 23.7 Å². The van der Waals surface area contributed by atoms with Crippen LogP contribution in [0.5, 0.6) is 0 Å². The van der Waals surface area contributed by atoms with Crippen molar-refractivity contribution in [3.63, 3.8) is 0 Å². The van der Waals surface area contributed by atoms with Crippen LogP contribution in [0.2, 0.25) is 0 Å². The highest BCUT2D eigenvalue weighted by atomic mass is 19.1. The number of hydrogen-bond donors (Lipinski definition) is 4. The maximum Gasteiger partial charge on any atom is 0.254 e. The smallest absolute Gasteiger partial charge is 0.254 e. The Bertz CT molecular complexity index is 1270. The Morgan fingerprint density at radius 1 is 0.895 bits per heavy atom. The van der Waals surface area contributed by atoms with Crippen molar-refractivity contribution in [2.24, 2.45) is 0 Å². The van der Waals surface area contributed by atoms with Crippen molar-refractivity contribution in [1.29, 1.82) is 0 Å². The molecule has 3 amide bonds. The number of halogens is 2. The zero-order valence-electron chi connectivity index (χ0n) is 20.7. The highest BCUT2D eigenvalue weighted by Gasteiger charge is 2.37. The normalized spacial score (nSPS) is 20.9. The van der Waals surface area contributed by atoms with Crippen LogP contribution in [0.3, 0.4) is 0 Å². The lowest BCUT2D eigenvalue weighted by molar-refractivity contribution is -0.135. The summed E-state index contributed by atoms with van der Waals surface area (Å²) >= 11 is 0. The van der Waals surface area contributed by atoms with Gasteiger partial charge in [-0.1, -0.05) is 60.7 Å². The van der Waals surface area contributed by atoms with E-state index in [1.54, 1.807) is 0 Å². The Balaban J connectivity index is 1.49. The minimum Gasteiger partial charge on any atom is -0.378 e. The van der Waals surface area contributed by atoms with E-state index >= 15 is 0 Å². The average Bonchev–Trinajstić information content (AvgIpc) is 3.07. The summed E-state index contributed by atoms with van der Waals surface area (Å²) in [6.45, 7) is 1.39. The van der Waals surface area contributed by atoms with Crippen molar-refractivity contribution < 1.29 is 28.3 Å². The first-order chi connectivity index (χ1) is 18.2. The molecule has 0 spiro atoms. The number of amides is 3. The number of aliphatic hydroxyl groups is 1. The lowest BCUT2D eigenvalue weighted by Gasteiger charge is -2.27. The summed E-state index contributed by atoms with van der Waals surface area (Å²) in [6.07, 6.45) is -0.623. The van der Waals surface area contributed by atoms with E-state index < -0.39 is 41.6 Å². The minimum absolute atomic E-state index is 0.226. The zero-order valence-corrected chi connectivity index (χ0v) is 20.7. The molecule has 1 aliphatic rings. The van der Waals surface area contributed by atoms with E-state index in [4.69, 9.17) is 0 Å². The van der Waals surface area contributed by atoms with Gasteiger partial charge in [-0.05, 0) is 48.6 Å². The second-order valence-corrected chi connectivity index (χ2v) is 9.39. The topological polar surface area (TPSA) is 108 Å². The van der Waals surface area contributed by atoms with Gasteiger partial charge in [-0.2, -0.15) is 0 Å². The SMILES string of the molecule is C[C@H](NC(=O)[C@H](O)c1cc(F)cc(F)c1)C(=O)N[C@@H]1C(=O)N[C@@H](c2ccccc2)CC[C@@H]1c1ccccc1. The first-order valence-electron chi connectivity index (χ1n) is 12.4. The quantitative estimate of drug-likeness (QED) is 0.382. The van der Waals surface area contributed by atoms with E-state index in [1.165, 1.54) is 6.92 Å². The fourth-order valence-corrected chi connectivity index (χ4v) is 4.71. The van der Waals surface area contributed by atoms with E-state index in [-0.39, 0.29) is 23.4 Å². The van der Waals surface area contributed by atoms with Crippen LogP contribution >= 0.6 is 0 Å². The number of carbonyl (C=O) groups is 3. The summed E-state index contributed by atoms with van der Waals surface area (Å²) in [5.74, 6) is -4.22. The third-order valence-corrected chi connectivity index (χ3v) is 6.70. The fraction of sp³-hybridized carbons (Fsp3) is 0.276. The molecule has 3 aromatic rings. The van der Waals surface area contributed by atoms with Crippen LogP contribution < -0.4 is 16.0 Å². The van der Waals surface area contributed by atoms with Crippen LogP contribution in [-0.4, -0.2) is 34.9 Å². The second-order valence-electron chi connectivity index (χ2n) is 9.39. The molecule has 38 heavy (non-hydrogen) atoms. The second kappa shape index (κ2) is 12.0. The molecule has 4 N–H and O–H groups in total. The van der Waals surface area contributed by atoms with Crippen molar-refractivity contribution >= 4 is 17.7 Å². The Morgan fingerprint density at radius 2 is 1.47 bits per heavy atom. The maximum atomic E-state index is 13.5. The van der Waals surface area contributed by atoms with Crippen LogP contribution in [0.15, 0.2) is 78.9 Å². The Labute approximate surface area is 219 Å². The van der Waals surface area contributed by atoms with Gasteiger partial charge >= 0.3 is 0 Å². The van der Waals surface area contributed by atoms with E-state index in [9.17, 15) is 28.3 Å². The highest BCUT2D eigenvalue weighted by molar-refractivity contribution is 5.93. The van der Waals surface area contributed by atoms with Crippen LogP contribution in [0.25, 0.3) is 0 Å². The molecule has 1 saturated heterocycles. The Hall–Kier alpha value is -4.11. The van der Waals surface area contributed by atoms with Gasteiger partial charge in [0.2, 0.25) is 11.8 Å². The number of rotatable bonds is 7. The number of nitrogens with one attached hydrogen (secondary N) is 3. The molecular weight excluding hydrogens is 492 g/mol. The number of benzene rings is 3. The molecule has 0 saturated carbocycles. The van der Waals surface area contributed by atoms with Gasteiger partial charge in [0.05, 0.1) is 6.04 Å². The summed E-state index contributed by atoms with van der Waals surface area (Å²) in [4.78, 5) is 39.0. The fourth-order valence-electron chi connectivity index (χ4n) is 4.71. The lowest BCUT2D eigenvalue weighted by atomic mass is 9.86. The summed E-state index contributed by atoms with van der Waals surface area (Å²) < 4.78 is 27.0. The van der Waals surface area contributed by atoms with Gasteiger partial charge in [0.25, 0.3) is 5.91 Å². The molecule has 7 nitrogen and oxygen atoms in total. The summed E-state index contributed by atoms with van der Waals surface area (Å²) in [6, 6.07) is 19.0. The largest absolute Gasteiger partial charge is 0.378 e. The van der Waals surface area contributed by atoms with Crippen molar-refractivity contribution in [2.45, 2.75) is 49.9 Å². The molecule has 1 aliphatic heterocycles. The monoisotopic (exact) mass is 521 g/mol. The van der Waals surface area contributed by atoms with Gasteiger partial charge in [-0.25, -0.2) is 8.78 Å². The molecule has 4 rings (SSSR count). The standard InChI is InChI=1S/C29H29F2N3O4/c1-17(32-29(38)26(35)20-14-21(30)16-22(31)15-20)27(36)34-25-23(18-8-4-2-5-9-18)12-13-24(33-28(25)37)19-10-6-3-7-11-19/h2-11,14-17,23-26,35H,12-13H2,1H3,(H,32,38)(H,33,37)(H,34,36)/t17-,23+,24+,25-,26+/m0/s1. The van der Waals surface area contributed by atoms with Gasteiger partial charge in [0.15, 0.2) is 6.10 Å². The van der Waals surface area contributed by atoms with Crippen LogP contribution in [-0.2, 0) is 14.4 Å². The van der Waals surface area contributed by atoms with Gasteiger partial charge < -0.3 is 21.1 Å². The first-order valence-corrected chi connectivity index (χ1v) is 12.4. The lowest BCUT2D eigenvalue weighted by Crippen LogP contribution is -2.54. The average molecular weight is 522 g/mol. The number of hydrogen-bond acceptors (Lipinski definition) is 4. The highest BCUT2D eigenvalue weighted by Crippen LogP contribution is 2.33. The molecular formula is C29H29F2N3O4. The van der Waals surface area contributed by atoms with Crippen LogP contribution in [0.4, 0.5) is 8.78 Å². The molecule has 0 bridgehead atoms. The van der Waals surface area contributed by atoms with E-state index in [0.29, 0.717) is 18.9 Å². The summed E-state index contributed by atoms with van der Waals surface area (Å²) in [7, 11) is 0. The molecule has 1 heterocycles. The Morgan fingerprint density at radius 3 is 2.08 bits per heavy atom. The predicted molar refractivity (Wildman–Crippen MR) is 137 cm³/mol. The molecule has 1 fully saturated rings. The molecule has 198 valence electrons.